The van der Waals surface area contributed by atoms with E-state index in [4.69, 9.17) is 4.74 Å². The molecule has 1 aliphatic rings. The Bertz CT molecular complexity index is 902. The fourth-order valence-corrected chi connectivity index (χ4v) is 3.47. The van der Waals surface area contributed by atoms with Crippen molar-refractivity contribution in [2.75, 3.05) is 12.0 Å². The molecule has 0 spiro atoms. The fourth-order valence-electron chi connectivity index (χ4n) is 3.47. The number of hydrogen-bond donors (Lipinski definition) is 0. The van der Waals surface area contributed by atoms with E-state index >= 15 is 0 Å². The number of imide groups is 1. The normalized spacial score (nSPS) is 17.0. The van der Waals surface area contributed by atoms with Gasteiger partial charge in [-0.2, -0.15) is 0 Å². The minimum absolute atomic E-state index is 0.0410. The third kappa shape index (κ3) is 3.63. The maximum atomic E-state index is 13.3. The summed E-state index contributed by atoms with van der Waals surface area (Å²) in [4.78, 5) is 41.8. The summed E-state index contributed by atoms with van der Waals surface area (Å²) in [5, 5.41) is 0. The van der Waals surface area contributed by atoms with Gasteiger partial charge in [-0.1, -0.05) is 24.3 Å². The van der Waals surface area contributed by atoms with Crippen molar-refractivity contribution in [2.24, 2.45) is 0 Å². The molecule has 2 aromatic carbocycles. The molecule has 6 heteroatoms. The number of rotatable bonds is 4. The predicted octanol–water partition coefficient (Wildman–Crippen LogP) is 3.27. The Morgan fingerprint density at radius 1 is 1.07 bits per heavy atom. The second-order valence-electron chi connectivity index (χ2n) is 7.70. The van der Waals surface area contributed by atoms with E-state index in [1.165, 1.54) is 16.9 Å². The van der Waals surface area contributed by atoms with Gasteiger partial charge in [0.1, 0.15) is 11.8 Å². The van der Waals surface area contributed by atoms with Crippen molar-refractivity contribution >= 4 is 23.4 Å². The van der Waals surface area contributed by atoms with Crippen molar-refractivity contribution in [1.82, 2.24) is 4.90 Å². The molecule has 1 atom stereocenters. The SMILES string of the molecule is COc1cccc(C(=O)N(C2CC(=O)N(c3ccccc3)C2=O)C(C)(C)C)c1. The molecule has 0 aromatic heterocycles. The smallest absolute Gasteiger partial charge is 0.257 e. The van der Waals surface area contributed by atoms with Gasteiger partial charge >= 0.3 is 0 Å². The second kappa shape index (κ2) is 7.46. The summed E-state index contributed by atoms with van der Waals surface area (Å²) in [5.41, 5.74) is 0.267. The number of methoxy groups -OCH3 is 1. The first-order chi connectivity index (χ1) is 13.2. The molecule has 0 bridgehead atoms. The molecule has 0 saturated carbocycles. The molecule has 1 saturated heterocycles. The number of para-hydroxylation sites is 1. The maximum Gasteiger partial charge on any atom is 0.257 e. The Balaban J connectivity index is 1.98. The summed E-state index contributed by atoms with van der Waals surface area (Å²) in [7, 11) is 1.53. The van der Waals surface area contributed by atoms with Crippen molar-refractivity contribution < 1.29 is 19.1 Å². The van der Waals surface area contributed by atoms with Gasteiger partial charge in [-0.15, -0.1) is 0 Å². The lowest BCUT2D eigenvalue weighted by Crippen LogP contribution is -2.54. The van der Waals surface area contributed by atoms with Gasteiger partial charge in [-0.3, -0.25) is 14.4 Å². The van der Waals surface area contributed by atoms with E-state index < -0.39 is 11.6 Å². The zero-order valence-corrected chi connectivity index (χ0v) is 16.5. The molecule has 6 nitrogen and oxygen atoms in total. The molecule has 0 N–H and O–H groups in total. The summed E-state index contributed by atoms with van der Waals surface area (Å²) < 4.78 is 5.21. The van der Waals surface area contributed by atoms with Crippen LogP contribution in [0, 0.1) is 0 Å². The lowest BCUT2D eigenvalue weighted by Gasteiger charge is -2.39. The van der Waals surface area contributed by atoms with Gasteiger partial charge in [-0.05, 0) is 51.1 Å². The monoisotopic (exact) mass is 380 g/mol. The predicted molar refractivity (Wildman–Crippen MR) is 106 cm³/mol. The topological polar surface area (TPSA) is 66.9 Å². The summed E-state index contributed by atoms with van der Waals surface area (Å²) in [6, 6.07) is 14.7. The van der Waals surface area contributed by atoms with Gasteiger partial charge in [0.2, 0.25) is 5.91 Å². The summed E-state index contributed by atoms with van der Waals surface area (Å²) in [6.07, 6.45) is -0.0410. The first-order valence-electron chi connectivity index (χ1n) is 9.13. The summed E-state index contributed by atoms with van der Waals surface area (Å²) >= 11 is 0. The first-order valence-corrected chi connectivity index (χ1v) is 9.13. The summed E-state index contributed by atoms with van der Waals surface area (Å²) in [6.45, 7) is 5.57. The van der Waals surface area contributed by atoms with Crippen molar-refractivity contribution in [2.45, 2.75) is 38.8 Å². The van der Waals surface area contributed by atoms with E-state index in [9.17, 15) is 14.4 Å². The van der Waals surface area contributed by atoms with E-state index in [1.807, 2.05) is 26.8 Å². The summed E-state index contributed by atoms with van der Waals surface area (Å²) in [5.74, 6) is -0.455. The van der Waals surface area contributed by atoms with Crippen LogP contribution in [0.4, 0.5) is 5.69 Å². The molecule has 1 fully saturated rings. The largest absolute Gasteiger partial charge is 0.497 e. The number of amides is 3. The molecular formula is C22H24N2O4. The fraction of sp³-hybridized carbons (Fsp3) is 0.318. The van der Waals surface area contributed by atoms with Gasteiger partial charge in [0.05, 0.1) is 19.2 Å². The molecule has 2 aromatic rings. The molecule has 3 rings (SSSR count). The average Bonchev–Trinajstić information content (AvgIpc) is 2.95. The third-order valence-corrected chi connectivity index (χ3v) is 4.71. The van der Waals surface area contributed by atoms with E-state index in [1.54, 1.807) is 48.5 Å². The van der Waals surface area contributed by atoms with Gasteiger partial charge in [-0.25, -0.2) is 4.90 Å². The molecule has 1 aliphatic heterocycles. The van der Waals surface area contributed by atoms with E-state index in [0.29, 0.717) is 17.0 Å². The van der Waals surface area contributed by atoms with Crippen LogP contribution in [0.2, 0.25) is 0 Å². The van der Waals surface area contributed by atoms with Crippen LogP contribution in [0.5, 0.6) is 5.75 Å². The number of carbonyl (C=O) groups is 3. The third-order valence-electron chi connectivity index (χ3n) is 4.71. The highest BCUT2D eigenvalue weighted by Gasteiger charge is 2.47. The lowest BCUT2D eigenvalue weighted by molar-refractivity contribution is -0.123. The average molecular weight is 380 g/mol. The Hall–Kier alpha value is -3.15. The molecule has 0 aliphatic carbocycles. The van der Waals surface area contributed by atoms with Crippen LogP contribution in [0.25, 0.3) is 0 Å². The van der Waals surface area contributed by atoms with Crippen molar-refractivity contribution in [3.63, 3.8) is 0 Å². The molecule has 1 heterocycles. The van der Waals surface area contributed by atoms with Crippen molar-refractivity contribution in [3.05, 3.63) is 60.2 Å². The minimum Gasteiger partial charge on any atom is -0.497 e. The van der Waals surface area contributed by atoms with Crippen molar-refractivity contribution in [1.29, 1.82) is 0 Å². The van der Waals surface area contributed by atoms with Crippen LogP contribution < -0.4 is 9.64 Å². The molecule has 1 unspecified atom stereocenters. The highest BCUT2D eigenvalue weighted by Crippen LogP contribution is 2.31. The highest BCUT2D eigenvalue weighted by atomic mass is 16.5. The number of benzene rings is 2. The molecule has 3 amide bonds. The molecule has 0 radical (unpaired) electrons. The van der Waals surface area contributed by atoms with Gasteiger partial charge in [0, 0.05) is 11.1 Å². The highest BCUT2D eigenvalue weighted by molar-refractivity contribution is 6.23. The quantitative estimate of drug-likeness (QED) is 0.764. The number of anilines is 1. The zero-order valence-electron chi connectivity index (χ0n) is 16.5. The van der Waals surface area contributed by atoms with Crippen LogP contribution in [0.15, 0.2) is 54.6 Å². The molecule has 28 heavy (non-hydrogen) atoms. The Morgan fingerprint density at radius 2 is 1.75 bits per heavy atom. The molecular weight excluding hydrogens is 356 g/mol. The molecule has 146 valence electrons. The standard InChI is InChI=1S/C22H24N2O4/c1-22(2,3)24(20(26)15-9-8-12-17(13-15)28-4)18-14-19(25)23(21(18)27)16-10-6-5-7-11-16/h5-13,18H,14H2,1-4H3. The minimum atomic E-state index is -0.855. The van der Waals surface area contributed by atoms with Gasteiger partial charge in [0.15, 0.2) is 0 Å². The van der Waals surface area contributed by atoms with Gasteiger partial charge < -0.3 is 9.64 Å². The van der Waals surface area contributed by atoms with E-state index in [0.717, 1.165) is 0 Å². The second-order valence-corrected chi connectivity index (χ2v) is 7.70. The number of hydrogen-bond acceptors (Lipinski definition) is 4. The Morgan fingerprint density at radius 3 is 2.36 bits per heavy atom. The van der Waals surface area contributed by atoms with E-state index in [-0.39, 0.29) is 24.1 Å². The van der Waals surface area contributed by atoms with Gasteiger partial charge in [0.25, 0.3) is 11.8 Å². The first kappa shape index (κ1) is 19.6. The van der Waals surface area contributed by atoms with E-state index in [2.05, 4.69) is 0 Å². The van der Waals surface area contributed by atoms with Crippen LogP contribution in [0.3, 0.4) is 0 Å². The van der Waals surface area contributed by atoms with Crippen LogP contribution in [0.1, 0.15) is 37.6 Å². The number of carbonyl (C=O) groups excluding carboxylic acids is 3. The van der Waals surface area contributed by atoms with Crippen LogP contribution in [-0.2, 0) is 9.59 Å². The Kier molecular flexibility index (Phi) is 5.23. The Labute approximate surface area is 164 Å². The number of nitrogens with zero attached hydrogens (tertiary/aromatic N) is 2. The zero-order chi connectivity index (χ0) is 20.5. The number of ether oxygens (including phenoxy) is 1. The van der Waals surface area contributed by atoms with Crippen LogP contribution >= 0.6 is 0 Å². The van der Waals surface area contributed by atoms with Crippen LogP contribution in [-0.4, -0.2) is 41.3 Å². The maximum absolute atomic E-state index is 13.3. The van der Waals surface area contributed by atoms with Crippen molar-refractivity contribution in [3.8, 4) is 5.75 Å². The lowest BCUT2D eigenvalue weighted by atomic mass is 9.99.